The van der Waals surface area contributed by atoms with E-state index < -0.39 is 0 Å². The molecule has 1 rings (SSSR count). The van der Waals surface area contributed by atoms with Crippen molar-refractivity contribution < 1.29 is 0 Å². The third-order valence-corrected chi connectivity index (χ3v) is 3.26. The highest BCUT2D eigenvalue weighted by Crippen LogP contribution is 2.21. The third-order valence-electron chi connectivity index (χ3n) is 2.67. The van der Waals surface area contributed by atoms with Crippen LogP contribution in [0.15, 0.2) is 0 Å². The fraction of sp³-hybridized carbons (Fsp3) is 0.667. The second kappa shape index (κ2) is 6.69. The van der Waals surface area contributed by atoms with Gasteiger partial charge in [0.15, 0.2) is 0 Å². The van der Waals surface area contributed by atoms with Crippen molar-refractivity contribution in [1.82, 2.24) is 9.97 Å². The summed E-state index contributed by atoms with van der Waals surface area (Å²) in [7, 11) is 2.06. The van der Waals surface area contributed by atoms with Gasteiger partial charge in [-0.1, -0.05) is 6.92 Å². The summed E-state index contributed by atoms with van der Waals surface area (Å²) in [4.78, 5) is 11.1. The zero-order valence-corrected chi connectivity index (χ0v) is 12.0. The Labute approximate surface area is 108 Å². The minimum atomic E-state index is 0.606. The van der Waals surface area contributed by atoms with E-state index in [1.54, 1.807) is 0 Å². The van der Waals surface area contributed by atoms with E-state index in [1.165, 1.54) is 0 Å². The quantitative estimate of drug-likeness (QED) is 0.842. The number of aryl methyl sites for hydroxylation is 1. The molecule has 0 bridgehead atoms. The number of nitrogen functional groups attached to an aromatic ring is 1. The first-order valence-corrected chi connectivity index (χ1v) is 7.32. The molecule has 5 heteroatoms. The zero-order valence-electron chi connectivity index (χ0n) is 11.2. The Morgan fingerprint density at radius 1 is 1.35 bits per heavy atom. The van der Waals surface area contributed by atoms with Gasteiger partial charge < -0.3 is 10.6 Å². The molecule has 0 saturated carbocycles. The van der Waals surface area contributed by atoms with E-state index in [2.05, 4.69) is 35.1 Å². The topological polar surface area (TPSA) is 55.0 Å². The molecule has 0 atom stereocenters. The van der Waals surface area contributed by atoms with E-state index >= 15 is 0 Å². The second-order valence-corrected chi connectivity index (χ2v) is 5.12. The minimum Gasteiger partial charge on any atom is -0.383 e. The van der Waals surface area contributed by atoms with Gasteiger partial charge in [0, 0.05) is 31.3 Å². The lowest BCUT2D eigenvalue weighted by molar-refractivity contribution is 0.818. The van der Waals surface area contributed by atoms with Crippen LogP contribution in [0.4, 0.5) is 11.6 Å². The van der Waals surface area contributed by atoms with Gasteiger partial charge in [0.25, 0.3) is 0 Å². The maximum Gasteiger partial charge on any atom is 0.137 e. The highest BCUT2D eigenvalue weighted by Gasteiger charge is 2.11. The zero-order chi connectivity index (χ0) is 12.8. The summed E-state index contributed by atoms with van der Waals surface area (Å²) in [5.41, 5.74) is 6.92. The standard InChI is InChI=1S/C12H22N4S/c1-5-6-10-14-11(13)9(2)12(15-10)16(3)7-8-17-4/h5-8H2,1-4H3,(H2,13,14,15). The molecule has 0 radical (unpaired) electrons. The van der Waals surface area contributed by atoms with Gasteiger partial charge in [-0.05, 0) is 19.6 Å². The lowest BCUT2D eigenvalue weighted by Gasteiger charge is -2.21. The van der Waals surface area contributed by atoms with Crippen LogP contribution in [0.5, 0.6) is 0 Å². The van der Waals surface area contributed by atoms with Crippen LogP contribution in [0.1, 0.15) is 24.7 Å². The molecule has 0 aliphatic heterocycles. The first-order chi connectivity index (χ1) is 8.10. The molecule has 0 amide bonds. The molecule has 0 aliphatic rings. The van der Waals surface area contributed by atoms with Gasteiger partial charge in [0.05, 0.1) is 0 Å². The lowest BCUT2D eigenvalue weighted by Crippen LogP contribution is -2.23. The molecule has 0 aliphatic carbocycles. The van der Waals surface area contributed by atoms with E-state index in [-0.39, 0.29) is 0 Å². The van der Waals surface area contributed by atoms with Crippen molar-refractivity contribution in [3.05, 3.63) is 11.4 Å². The molecule has 1 aromatic heterocycles. The average Bonchev–Trinajstić information content (AvgIpc) is 2.30. The van der Waals surface area contributed by atoms with Crippen LogP contribution in [0.3, 0.4) is 0 Å². The summed E-state index contributed by atoms with van der Waals surface area (Å²) in [6.07, 6.45) is 4.03. The van der Waals surface area contributed by atoms with E-state index in [0.717, 1.165) is 42.3 Å². The largest absolute Gasteiger partial charge is 0.383 e. The molecule has 1 heterocycles. The molecular formula is C12H22N4S. The molecule has 0 saturated heterocycles. The monoisotopic (exact) mass is 254 g/mol. The fourth-order valence-corrected chi connectivity index (χ4v) is 2.07. The van der Waals surface area contributed by atoms with Gasteiger partial charge in [-0.2, -0.15) is 11.8 Å². The van der Waals surface area contributed by atoms with Crippen LogP contribution in [-0.4, -0.2) is 35.6 Å². The molecule has 0 fully saturated rings. The SMILES string of the molecule is CCCc1nc(N)c(C)c(N(C)CCSC)n1. The van der Waals surface area contributed by atoms with Crippen LogP contribution in [0, 0.1) is 6.92 Å². The minimum absolute atomic E-state index is 0.606. The number of nitrogens with two attached hydrogens (primary N) is 1. The van der Waals surface area contributed by atoms with Crippen molar-refractivity contribution in [3.63, 3.8) is 0 Å². The van der Waals surface area contributed by atoms with Gasteiger partial charge >= 0.3 is 0 Å². The van der Waals surface area contributed by atoms with Crippen molar-refractivity contribution in [2.45, 2.75) is 26.7 Å². The van der Waals surface area contributed by atoms with Crippen molar-refractivity contribution in [2.75, 3.05) is 36.2 Å². The van der Waals surface area contributed by atoms with Crippen LogP contribution < -0.4 is 10.6 Å². The summed E-state index contributed by atoms with van der Waals surface area (Å²) < 4.78 is 0. The molecule has 17 heavy (non-hydrogen) atoms. The van der Waals surface area contributed by atoms with Crippen LogP contribution in [0.25, 0.3) is 0 Å². The third kappa shape index (κ3) is 3.77. The van der Waals surface area contributed by atoms with Crippen molar-refractivity contribution >= 4 is 23.4 Å². The Hall–Kier alpha value is -0.970. The average molecular weight is 254 g/mol. The number of hydrogen-bond donors (Lipinski definition) is 1. The van der Waals surface area contributed by atoms with Gasteiger partial charge in [-0.3, -0.25) is 0 Å². The number of hydrogen-bond acceptors (Lipinski definition) is 5. The Morgan fingerprint density at radius 3 is 2.65 bits per heavy atom. The number of rotatable bonds is 6. The highest BCUT2D eigenvalue weighted by molar-refractivity contribution is 7.98. The first-order valence-electron chi connectivity index (χ1n) is 5.93. The predicted molar refractivity (Wildman–Crippen MR) is 76.8 cm³/mol. The van der Waals surface area contributed by atoms with E-state index in [0.29, 0.717) is 5.82 Å². The lowest BCUT2D eigenvalue weighted by atomic mass is 10.2. The number of aromatic nitrogens is 2. The smallest absolute Gasteiger partial charge is 0.137 e. The predicted octanol–water partition coefficient (Wildman–Crippen LogP) is 2.12. The van der Waals surface area contributed by atoms with Crippen LogP contribution >= 0.6 is 11.8 Å². The van der Waals surface area contributed by atoms with E-state index in [1.807, 2.05) is 18.7 Å². The first kappa shape index (κ1) is 14.1. The molecule has 0 spiro atoms. The van der Waals surface area contributed by atoms with Gasteiger partial charge in [-0.25, -0.2) is 9.97 Å². The molecule has 96 valence electrons. The summed E-state index contributed by atoms with van der Waals surface area (Å²) >= 11 is 1.83. The van der Waals surface area contributed by atoms with Gasteiger partial charge in [0.1, 0.15) is 17.5 Å². The second-order valence-electron chi connectivity index (χ2n) is 4.14. The maximum atomic E-state index is 5.94. The fourth-order valence-electron chi connectivity index (χ4n) is 1.61. The summed E-state index contributed by atoms with van der Waals surface area (Å²) in [6, 6.07) is 0. The molecule has 2 N–H and O–H groups in total. The van der Waals surface area contributed by atoms with E-state index in [4.69, 9.17) is 5.73 Å². The Morgan fingerprint density at radius 2 is 2.06 bits per heavy atom. The number of thioether (sulfide) groups is 1. The number of nitrogens with zero attached hydrogens (tertiary/aromatic N) is 3. The molecular weight excluding hydrogens is 232 g/mol. The molecule has 0 unspecified atom stereocenters. The van der Waals surface area contributed by atoms with Gasteiger partial charge in [0.2, 0.25) is 0 Å². The van der Waals surface area contributed by atoms with E-state index in [9.17, 15) is 0 Å². The molecule has 4 nitrogen and oxygen atoms in total. The Balaban J connectivity index is 2.95. The molecule has 0 aromatic carbocycles. The highest BCUT2D eigenvalue weighted by atomic mass is 32.2. The Bertz CT molecular complexity index is 368. The molecule has 1 aromatic rings. The van der Waals surface area contributed by atoms with Gasteiger partial charge in [-0.15, -0.1) is 0 Å². The normalized spacial score (nSPS) is 10.6. The van der Waals surface area contributed by atoms with Crippen molar-refractivity contribution in [1.29, 1.82) is 0 Å². The summed E-state index contributed by atoms with van der Waals surface area (Å²) in [6.45, 7) is 5.08. The number of anilines is 2. The van der Waals surface area contributed by atoms with Crippen LogP contribution in [0.2, 0.25) is 0 Å². The Kier molecular flexibility index (Phi) is 5.55. The van der Waals surface area contributed by atoms with Crippen molar-refractivity contribution in [3.8, 4) is 0 Å². The summed E-state index contributed by atoms with van der Waals surface area (Å²) in [5.74, 6) is 3.51. The van der Waals surface area contributed by atoms with Crippen LogP contribution in [-0.2, 0) is 6.42 Å². The summed E-state index contributed by atoms with van der Waals surface area (Å²) in [5, 5.41) is 0. The van der Waals surface area contributed by atoms with Crippen molar-refractivity contribution in [2.24, 2.45) is 0 Å². The maximum absolute atomic E-state index is 5.94.